The first-order valence-electron chi connectivity index (χ1n) is 4.90. The van der Waals surface area contributed by atoms with E-state index in [1.807, 2.05) is 25.1 Å². The van der Waals surface area contributed by atoms with Crippen LogP contribution in [-0.4, -0.2) is 24.9 Å². The van der Waals surface area contributed by atoms with E-state index in [9.17, 15) is 4.79 Å². The number of carbonyl (C=O) groups is 1. The van der Waals surface area contributed by atoms with Crippen molar-refractivity contribution in [3.8, 4) is 0 Å². The van der Waals surface area contributed by atoms with Crippen molar-refractivity contribution in [3.05, 3.63) is 30.3 Å². The summed E-state index contributed by atoms with van der Waals surface area (Å²) in [5.41, 5.74) is 0.728. The molecule has 1 fully saturated rings. The first-order chi connectivity index (χ1) is 7.25. The molecule has 1 N–H and O–H groups in total. The average molecular weight is 207 g/mol. The first-order valence-corrected chi connectivity index (χ1v) is 4.90. The van der Waals surface area contributed by atoms with Crippen LogP contribution in [0.5, 0.6) is 0 Å². The van der Waals surface area contributed by atoms with E-state index in [0.29, 0.717) is 6.61 Å². The van der Waals surface area contributed by atoms with Crippen molar-refractivity contribution in [2.24, 2.45) is 0 Å². The third-order valence-electron chi connectivity index (χ3n) is 2.20. The van der Waals surface area contributed by atoms with Gasteiger partial charge in [0.1, 0.15) is 12.2 Å². The number of benzene rings is 1. The fraction of sp³-hybridized carbons (Fsp3) is 0.364. The molecule has 1 aliphatic rings. The van der Waals surface area contributed by atoms with Crippen molar-refractivity contribution in [1.82, 2.24) is 0 Å². The van der Waals surface area contributed by atoms with Gasteiger partial charge in [-0.3, -0.25) is 5.32 Å². The number of anilines is 1. The van der Waals surface area contributed by atoms with Gasteiger partial charge < -0.3 is 9.47 Å². The maximum Gasteiger partial charge on any atom is 0.411 e. The number of hydrogen-bond acceptors (Lipinski definition) is 3. The number of rotatable bonds is 3. The van der Waals surface area contributed by atoms with Crippen molar-refractivity contribution in [3.63, 3.8) is 0 Å². The van der Waals surface area contributed by atoms with Crippen LogP contribution in [0.3, 0.4) is 0 Å². The Labute approximate surface area is 88.2 Å². The molecule has 0 spiro atoms. The van der Waals surface area contributed by atoms with Gasteiger partial charge in [-0.2, -0.15) is 0 Å². The second kappa shape index (κ2) is 4.31. The van der Waals surface area contributed by atoms with E-state index in [1.54, 1.807) is 12.1 Å². The van der Waals surface area contributed by atoms with Crippen LogP contribution < -0.4 is 5.32 Å². The summed E-state index contributed by atoms with van der Waals surface area (Å²) in [6.07, 6.45) is -0.551. The van der Waals surface area contributed by atoms with E-state index in [2.05, 4.69) is 5.32 Å². The molecule has 1 heterocycles. The molecule has 1 aromatic rings. The van der Waals surface area contributed by atoms with Gasteiger partial charge in [0.05, 0.1) is 6.61 Å². The van der Waals surface area contributed by atoms with Gasteiger partial charge in [-0.15, -0.1) is 0 Å². The Morgan fingerprint density at radius 3 is 2.80 bits per heavy atom. The monoisotopic (exact) mass is 207 g/mol. The number of nitrogens with one attached hydrogen (secondary N) is 1. The van der Waals surface area contributed by atoms with Gasteiger partial charge >= 0.3 is 6.09 Å². The Hall–Kier alpha value is -1.55. The summed E-state index contributed by atoms with van der Waals surface area (Å²) in [5, 5.41) is 2.64. The Kier molecular flexibility index (Phi) is 2.87. The lowest BCUT2D eigenvalue weighted by Gasteiger charge is -2.11. The predicted molar refractivity (Wildman–Crippen MR) is 55.7 cm³/mol. The Morgan fingerprint density at radius 2 is 2.20 bits per heavy atom. The molecule has 0 saturated carbocycles. The van der Waals surface area contributed by atoms with Crippen LogP contribution in [-0.2, 0) is 9.47 Å². The summed E-state index contributed by atoms with van der Waals surface area (Å²) >= 11 is 0. The number of ether oxygens (including phenoxy) is 2. The number of amides is 1. The third-order valence-corrected chi connectivity index (χ3v) is 2.20. The second-order valence-corrected chi connectivity index (χ2v) is 3.47. The third kappa shape index (κ3) is 2.95. The fourth-order valence-corrected chi connectivity index (χ4v) is 1.24. The molecule has 0 bridgehead atoms. The maximum atomic E-state index is 11.4. The van der Waals surface area contributed by atoms with Gasteiger partial charge in [0.15, 0.2) is 0 Å². The van der Waals surface area contributed by atoms with Crippen molar-refractivity contribution < 1.29 is 14.3 Å². The molecule has 0 aromatic heterocycles. The number of carbonyl (C=O) groups excluding carboxylic acids is 1. The Bertz CT molecular complexity index is 335. The molecular formula is C11H13NO3. The number of hydrogen-bond donors (Lipinski definition) is 1. The summed E-state index contributed by atoms with van der Waals surface area (Å²) in [7, 11) is 0. The topological polar surface area (TPSA) is 50.9 Å². The van der Waals surface area contributed by atoms with Crippen LogP contribution >= 0.6 is 0 Å². The highest BCUT2D eigenvalue weighted by molar-refractivity contribution is 5.84. The van der Waals surface area contributed by atoms with Crippen LogP contribution in [0.4, 0.5) is 10.5 Å². The molecule has 2 rings (SSSR count). The predicted octanol–water partition coefficient (Wildman–Crippen LogP) is 2.02. The molecule has 0 radical (unpaired) electrons. The van der Waals surface area contributed by atoms with Crippen molar-refractivity contribution in [1.29, 1.82) is 0 Å². The summed E-state index contributed by atoms with van der Waals surface area (Å²) < 4.78 is 10.1. The maximum absolute atomic E-state index is 11.4. The summed E-state index contributed by atoms with van der Waals surface area (Å²) in [6.45, 7) is 2.50. The minimum absolute atomic E-state index is 0.0755. The van der Waals surface area contributed by atoms with Gasteiger partial charge in [-0.25, -0.2) is 4.79 Å². The molecule has 15 heavy (non-hydrogen) atoms. The Morgan fingerprint density at radius 1 is 1.53 bits per heavy atom. The van der Waals surface area contributed by atoms with E-state index in [4.69, 9.17) is 9.47 Å². The molecule has 2 atom stereocenters. The number of epoxide rings is 1. The lowest BCUT2D eigenvalue weighted by atomic mass is 10.3. The van der Waals surface area contributed by atoms with Crippen molar-refractivity contribution in [2.75, 3.05) is 11.9 Å². The summed E-state index contributed by atoms with van der Waals surface area (Å²) in [4.78, 5) is 11.4. The van der Waals surface area contributed by atoms with E-state index < -0.39 is 6.09 Å². The van der Waals surface area contributed by atoms with E-state index in [-0.39, 0.29) is 12.2 Å². The van der Waals surface area contributed by atoms with Gasteiger partial charge in [0.2, 0.25) is 0 Å². The van der Waals surface area contributed by atoms with E-state index >= 15 is 0 Å². The summed E-state index contributed by atoms with van der Waals surface area (Å²) in [6, 6.07) is 9.20. The van der Waals surface area contributed by atoms with E-state index in [0.717, 1.165) is 5.69 Å². The van der Waals surface area contributed by atoms with Gasteiger partial charge in [-0.05, 0) is 19.1 Å². The molecule has 0 aliphatic carbocycles. The van der Waals surface area contributed by atoms with Crippen LogP contribution in [0.25, 0.3) is 0 Å². The zero-order chi connectivity index (χ0) is 10.7. The molecule has 1 amide bonds. The molecule has 2 unspecified atom stereocenters. The van der Waals surface area contributed by atoms with Crippen LogP contribution in [0, 0.1) is 0 Å². The highest BCUT2D eigenvalue weighted by atomic mass is 16.6. The number of para-hydroxylation sites is 1. The van der Waals surface area contributed by atoms with Crippen LogP contribution in [0.2, 0.25) is 0 Å². The Balaban J connectivity index is 1.81. The van der Waals surface area contributed by atoms with Crippen molar-refractivity contribution >= 4 is 11.8 Å². The first kappa shape index (κ1) is 9.98. The van der Waals surface area contributed by atoms with Gasteiger partial charge in [0.25, 0.3) is 0 Å². The zero-order valence-electron chi connectivity index (χ0n) is 8.47. The molecule has 1 saturated heterocycles. The molecule has 1 aromatic carbocycles. The average Bonchev–Trinajstić information content (AvgIpc) is 3.01. The second-order valence-electron chi connectivity index (χ2n) is 3.47. The highest BCUT2D eigenvalue weighted by Crippen LogP contribution is 2.17. The molecular weight excluding hydrogens is 194 g/mol. The zero-order valence-corrected chi connectivity index (χ0v) is 8.47. The van der Waals surface area contributed by atoms with Gasteiger partial charge in [0, 0.05) is 5.69 Å². The molecule has 4 nitrogen and oxygen atoms in total. The normalized spacial score (nSPS) is 20.5. The van der Waals surface area contributed by atoms with Crippen LogP contribution in [0.15, 0.2) is 30.3 Å². The minimum atomic E-state index is -0.441. The largest absolute Gasteiger partial charge is 0.443 e. The lowest BCUT2D eigenvalue weighted by Crippen LogP contribution is -2.23. The van der Waals surface area contributed by atoms with Crippen LogP contribution in [0.1, 0.15) is 6.92 Å². The van der Waals surface area contributed by atoms with Gasteiger partial charge in [-0.1, -0.05) is 18.2 Å². The SMILES string of the molecule is CC(OC(=O)Nc1ccccc1)C1CO1. The molecule has 1 aliphatic heterocycles. The van der Waals surface area contributed by atoms with Crippen molar-refractivity contribution in [2.45, 2.75) is 19.1 Å². The fourth-order valence-electron chi connectivity index (χ4n) is 1.24. The standard InChI is InChI=1S/C11H13NO3/c1-8(10-7-14-10)15-11(13)12-9-5-3-2-4-6-9/h2-6,8,10H,7H2,1H3,(H,12,13). The molecule has 4 heteroatoms. The van der Waals surface area contributed by atoms with E-state index in [1.165, 1.54) is 0 Å². The molecule has 80 valence electrons. The quantitative estimate of drug-likeness (QED) is 0.771. The highest BCUT2D eigenvalue weighted by Gasteiger charge is 2.32. The smallest absolute Gasteiger partial charge is 0.411 e. The minimum Gasteiger partial charge on any atom is -0.443 e. The lowest BCUT2D eigenvalue weighted by molar-refractivity contribution is 0.101. The summed E-state index contributed by atoms with van der Waals surface area (Å²) in [5.74, 6) is 0.